The number of amides is 1. The molecule has 0 aliphatic carbocycles. The minimum absolute atomic E-state index is 0.0166. The van der Waals surface area contributed by atoms with Gasteiger partial charge in [-0.05, 0) is 31.3 Å². The summed E-state index contributed by atoms with van der Waals surface area (Å²) in [5, 5.41) is 0. The summed E-state index contributed by atoms with van der Waals surface area (Å²) in [6.45, 7) is 7.00. The number of nitrogens with zero attached hydrogens (tertiary/aromatic N) is 3. The van der Waals surface area contributed by atoms with Crippen LogP contribution in [0.5, 0.6) is 0 Å². The third kappa shape index (κ3) is 3.22. The number of hydrogen-bond acceptors (Lipinski definition) is 4. The maximum atomic E-state index is 12.2. The van der Waals surface area contributed by atoms with Crippen molar-refractivity contribution in [1.29, 1.82) is 0 Å². The van der Waals surface area contributed by atoms with Crippen LogP contribution in [0.2, 0.25) is 0 Å². The lowest BCUT2D eigenvalue weighted by atomic mass is 10.0. The van der Waals surface area contributed by atoms with Gasteiger partial charge in [0.1, 0.15) is 5.52 Å². The lowest BCUT2D eigenvalue weighted by molar-refractivity contribution is -0.125. The van der Waals surface area contributed by atoms with Gasteiger partial charge in [0, 0.05) is 25.7 Å². The van der Waals surface area contributed by atoms with Crippen molar-refractivity contribution < 1.29 is 9.59 Å². The SMILES string of the molecule is C=CC(=O)N1CC[C@@H](Cc2cnc3[nH]cc(C(=O)CCC)c3n2)C1. The Balaban J connectivity index is 1.76. The Morgan fingerprint density at radius 1 is 1.50 bits per heavy atom. The summed E-state index contributed by atoms with van der Waals surface area (Å²) in [5.41, 5.74) is 2.79. The number of rotatable bonds is 6. The van der Waals surface area contributed by atoms with E-state index in [4.69, 9.17) is 0 Å². The quantitative estimate of drug-likeness (QED) is 0.653. The van der Waals surface area contributed by atoms with E-state index in [0.717, 1.165) is 38.0 Å². The third-order valence-electron chi connectivity index (χ3n) is 4.48. The summed E-state index contributed by atoms with van der Waals surface area (Å²) in [6, 6.07) is 0. The molecule has 0 aromatic carbocycles. The lowest BCUT2D eigenvalue weighted by Crippen LogP contribution is -2.26. The molecule has 2 aromatic rings. The molecule has 0 saturated carbocycles. The molecule has 0 spiro atoms. The normalized spacial score (nSPS) is 17.4. The van der Waals surface area contributed by atoms with Crippen LogP contribution in [-0.2, 0) is 11.2 Å². The molecule has 1 aliphatic heterocycles. The molecule has 0 bridgehead atoms. The number of aromatic amines is 1. The highest BCUT2D eigenvalue weighted by atomic mass is 16.2. The van der Waals surface area contributed by atoms with E-state index in [0.29, 0.717) is 29.1 Å². The summed E-state index contributed by atoms with van der Waals surface area (Å²) in [5.74, 6) is 0.449. The molecule has 1 atom stereocenters. The Labute approximate surface area is 141 Å². The van der Waals surface area contributed by atoms with Crippen LogP contribution in [-0.4, -0.2) is 44.6 Å². The number of nitrogens with one attached hydrogen (secondary N) is 1. The minimum Gasteiger partial charge on any atom is -0.344 e. The summed E-state index contributed by atoms with van der Waals surface area (Å²) in [4.78, 5) is 37.7. The Bertz CT molecular complexity index is 780. The molecular weight excluding hydrogens is 304 g/mol. The van der Waals surface area contributed by atoms with Crippen molar-refractivity contribution in [3.8, 4) is 0 Å². The molecule has 3 rings (SSSR count). The smallest absolute Gasteiger partial charge is 0.245 e. The van der Waals surface area contributed by atoms with Crippen molar-refractivity contribution in [2.45, 2.75) is 32.6 Å². The molecule has 1 saturated heterocycles. The van der Waals surface area contributed by atoms with Gasteiger partial charge in [-0.1, -0.05) is 13.5 Å². The molecule has 0 radical (unpaired) electrons. The molecule has 2 aromatic heterocycles. The Kier molecular flexibility index (Phi) is 4.74. The molecule has 1 N–H and O–H groups in total. The fourth-order valence-corrected chi connectivity index (χ4v) is 3.22. The van der Waals surface area contributed by atoms with Crippen LogP contribution >= 0.6 is 0 Å². The van der Waals surface area contributed by atoms with E-state index < -0.39 is 0 Å². The summed E-state index contributed by atoms with van der Waals surface area (Å²) < 4.78 is 0. The highest BCUT2D eigenvalue weighted by Gasteiger charge is 2.25. The minimum atomic E-state index is -0.0166. The zero-order chi connectivity index (χ0) is 17.1. The van der Waals surface area contributed by atoms with Crippen molar-refractivity contribution >= 4 is 22.9 Å². The topological polar surface area (TPSA) is 79.0 Å². The van der Waals surface area contributed by atoms with Gasteiger partial charge in [-0.2, -0.15) is 0 Å². The molecular formula is C18H22N4O2. The molecule has 3 heterocycles. The van der Waals surface area contributed by atoms with E-state index in [1.807, 2.05) is 11.8 Å². The molecule has 126 valence electrons. The first kappa shape index (κ1) is 16.4. The van der Waals surface area contributed by atoms with E-state index in [-0.39, 0.29) is 11.7 Å². The Hall–Kier alpha value is -2.50. The van der Waals surface area contributed by atoms with Crippen LogP contribution in [0.15, 0.2) is 25.0 Å². The molecule has 0 unspecified atom stereocenters. The number of fused-ring (bicyclic) bond motifs is 1. The van der Waals surface area contributed by atoms with Gasteiger partial charge >= 0.3 is 0 Å². The van der Waals surface area contributed by atoms with Crippen LogP contribution in [0, 0.1) is 5.92 Å². The maximum Gasteiger partial charge on any atom is 0.245 e. The van der Waals surface area contributed by atoms with Gasteiger partial charge in [-0.25, -0.2) is 9.97 Å². The first-order valence-electron chi connectivity index (χ1n) is 8.40. The first-order valence-corrected chi connectivity index (χ1v) is 8.40. The van der Waals surface area contributed by atoms with Crippen LogP contribution < -0.4 is 0 Å². The van der Waals surface area contributed by atoms with Gasteiger partial charge in [0.2, 0.25) is 5.91 Å². The fraction of sp³-hybridized carbons (Fsp3) is 0.444. The monoisotopic (exact) mass is 326 g/mol. The van der Waals surface area contributed by atoms with Crippen LogP contribution in [0.4, 0.5) is 0 Å². The van der Waals surface area contributed by atoms with Crippen molar-refractivity contribution in [3.63, 3.8) is 0 Å². The second-order valence-corrected chi connectivity index (χ2v) is 6.28. The zero-order valence-electron chi connectivity index (χ0n) is 13.9. The Morgan fingerprint density at radius 2 is 2.33 bits per heavy atom. The number of H-pyrrole nitrogens is 1. The summed E-state index contributed by atoms with van der Waals surface area (Å²) in [7, 11) is 0. The lowest BCUT2D eigenvalue weighted by Gasteiger charge is -2.13. The van der Waals surface area contributed by atoms with E-state index in [1.165, 1.54) is 6.08 Å². The predicted octanol–water partition coefficient (Wildman–Crippen LogP) is 2.52. The summed E-state index contributed by atoms with van der Waals surface area (Å²) in [6.07, 6.45) is 7.86. The number of carbonyl (C=O) groups is 2. The predicted molar refractivity (Wildman–Crippen MR) is 91.7 cm³/mol. The highest BCUT2D eigenvalue weighted by Crippen LogP contribution is 2.22. The number of aromatic nitrogens is 3. The Morgan fingerprint density at radius 3 is 3.08 bits per heavy atom. The van der Waals surface area contributed by atoms with Crippen LogP contribution in [0.1, 0.15) is 42.2 Å². The molecule has 1 amide bonds. The zero-order valence-corrected chi connectivity index (χ0v) is 13.9. The van der Waals surface area contributed by atoms with Gasteiger partial charge in [-0.3, -0.25) is 9.59 Å². The van der Waals surface area contributed by atoms with E-state index >= 15 is 0 Å². The third-order valence-corrected chi connectivity index (χ3v) is 4.48. The van der Waals surface area contributed by atoms with E-state index in [2.05, 4.69) is 21.5 Å². The number of likely N-dealkylation sites (tertiary alicyclic amines) is 1. The van der Waals surface area contributed by atoms with E-state index in [9.17, 15) is 9.59 Å². The molecule has 6 nitrogen and oxygen atoms in total. The van der Waals surface area contributed by atoms with Crippen molar-refractivity contribution in [3.05, 3.63) is 36.3 Å². The van der Waals surface area contributed by atoms with Crippen molar-refractivity contribution in [2.24, 2.45) is 5.92 Å². The average molecular weight is 326 g/mol. The highest BCUT2D eigenvalue weighted by molar-refractivity contribution is 6.05. The van der Waals surface area contributed by atoms with Crippen LogP contribution in [0.25, 0.3) is 11.2 Å². The van der Waals surface area contributed by atoms with E-state index in [1.54, 1.807) is 12.4 Å². The van der Waals surface area contributed by atoms with Gasteiger partial charge < -0.3 is 9.88 Å². The van der Waals surface area contributed by atoms with Gasteiger partial charge in [0.05, 0.1) is 17.5 Å². The molecule has 1 fully saturated rings. The second kappa shape index (κ2) is 6.95. The largest absolute Gasteiger partial charge is 0.344 e. The van der Waals surface area contributed by atoms with Gasteiger partial charge in [0.15, 0.2) is 11.4 Å². The molecule has 6 heteroatoms. The summed E-state index contributed by atoms with van der Waals surface area (Å²) >= 11 is 0. The van der Waals surface area contributed by atoms with Crippen LogP contribution in [0.3, 0.4) is 0 Å². The number of carbonyl (C=O) groups excluding carboxylic acids is 2. The van der Waals surface area contributed by atoms with Gasteiger partial charge in [-0.15, -0.1) is 0 Å². The standard InChI is InChI=1S/C18H22N4O2/c1-3-5-15(23)14-10-20-18-17(14)21-13(9-19-18)8-12-6-7-22(11-12)16(24)4-2/h4,9-10,12H,2-3,5-8,11H2,1H3,(H,19,20)/t12-/m0/s1. The number of hydrogen-bond donors (Lipinski definition) is 1. The van der Waals surface area contributed by atoms with Crippen molar-refractivity contribution in [2.75, 3.05) is 13.1 Å². The van der Waals surface area contributed by atoms with Crippen molar-refractivity contribution in [1.82, 2.24) is 19.9 Å². The van der Waals surface area contributed by atoms with Gasteiger partial charge in [0.25, 0.3) is 0 Å². The number of ketones is 1. The fourth-order valence-electron chi connectivity index (χ4n) is 3.22. The molecule has 24 heavy (non-hydrogen) atoms. The number of Topliss-reactive ketones (excluding diaryl/α,β-unsaturated/α-hetero) is 1. The molecule has 1 aliphatic rings. The maximum absolute atomic E-state index is 12.2. The second-order valence-electron chi connectivity index (χ2n) is 6.28. The average Bonchev–Trinajstić information content (AvgIpc) is 3.21. The first-order chi connectivity index (χ1) is 11.6.